The molecule has 0 fully saturated rings. The Balaban J connectivity index is 1.41. The average molecular weight is 448 g/mol. The average Bonchev–Trinajstić information content (AvgIpc) is 3.31. The molecule has 1 N–H and O–H groups in total. The number of rotatable bonds is 8. The number of anilines is 1. The van der Waals surface area contributed by atoms with E-state index in [2.05, 4.69) is 15.3 Å². The molecule has 2 aromatic heterocycles. The molecule has 0 aliphatic heterocycles. The number of benzene rings is 2. The summed E-state index contributed by atoms with van der Waals surface area (Å²) in [7, 11) is 3.21. The summed E-state index contributed by atoms with van der Waals surface area (Å²) in [5.74, 6) is 1.80. The molecule has 162 valence electrons. The standard InChI is InChI=1S/C24H21N3O4S/c1-29-19-9-10-22(30-2)20(12-19)21-15-32-24(26-21)27-23(28)17-5-7-18(8-6-17)31-14-16-4-3-11-25-13-16/h3-13,15H,14H2,1-2H3,(H,26,27,28). The highest BCUT2D eigenvalue weighted by atomic mass is 32.1. The normalized spacial score (nSPS) is 10.4. The Bertz CT molecular complexity index is 1190. The third-order valence-electron chi connectivity index (χ3n) is 4.65. The molecule has 0 atom stereocenters. The lowest BCUT2D eigenvalue weighted by Crippen LogP contribution is -2.11. The van der Waals surface area contributed by atoms with Gasteiger partial charge in [-0.25, -0.2) is 4.98 Å². The smallest absolute Gasteiger partial charge is 0.257 e. The van der Waals surface area contributed by atoms with Gasteiger partial charge < -0.3 is 14.2 Å². The van der Waals surface area contributed by atoms with Crippen molar-refractivity contribution >= 4 is 22.4 Å². The van der Waals surface area contributed by atoms with Crippen molar-refractivity contribution in [3.8, 4) is 28.5 Å². The van der Waals surface area contributed by atoms with Gasteiger partial charge in [-0.2, -0.15) is 0 Å². The number of thiazole rings is 1. The summed E-state index contributed by atoms with van der Waals surface area (Å²) >= 11 is 1.34. The zero-order chi connectivity index (χ0) is 22.3. The quantitative estimate of drug-likeness (QED) is 0.407. The van der Waals surface area contributed by atoms with Gasteiger partial charge in [-0.1, -0.05) is 6.07 Å². The first-order valence-electron chi connectivity index (χ1n) is 9.77. The first-order valence-corrected chi connectivity index (χ1v) is 10.7. The van der Waals surface area contributed by atoms with Crippen LogP contribution < -0.4 is 19.5 Å². The molecule has 2 heterocycles. The first kappa shape index (κ1) is 21.3. The van der Waals surface area contributed by atoms with Crippen LogP contribution in [0.4, 0.5) is 5.13 Å². The van der Waals surface area contributed by atoms with Crippen LogP contribution in [0.25, 0.3) is 11.3 Å². The van der Waals surface area contributed by atoms with E-state index in [1.165, 1.54) is 11.3 Å². The van der Waals surface area contributed by atoms with E-state index in [9.17, 15) is 4.79 Å². The van der Waals surface area contributed by atoms with Gasteiger partial charge in [0.1, 0.15) is 23.9 Å². The third kappa shape index (κ3) is 5.04. The van der Waals surface area contributed by atoms with Gasteiger partial charge in [-0.05, 0) is 48.5 Å². The van der Waals surface area contributed by atoms with Crippen molar-refractivity contribution in [2.45, 2.75) is 6.61 Å². The molecule has 0 radical (unpaired) electrons. The highest BCUT2D eigenvalue weighted by Crippen LogP contribution is 2.35. The number of aromatic nitrogens is 2. The van der Waals surface area contributed by atoms with E-state index in [1.807, 2.05) is 35.7 Å². The minimum atomic E-state index is -0.248. The Morgan fingerprint density at radius 3 is 2.56 bits per heavy atom. The van der Waals surface area contributed by atoms with E-state index in [-0.39, 0.29) is 5.91 Å². The molecular weight excluding hydrogens is 426 g/mol. The molecule has 8 heteroatoms. The van der Waals surface area contributed by atoms with Crippen LogP contribution in [-0.2, 0) is 6.61 Å². The molecule has 2 aromatic carbocycles. The number of hydrogen-bond donors (Lipinski definition) is 1. The summed E-state index contributed by atoms with van der Waals surface area (Å²) in [6, 6.07) is 16.3. The second-order valence-electron chi connectivity index (χ2n) is 6.73. The lowest BCUT2D eigenvalue weighted by atomic mass is 10.1. The topological polar surface area (TPSA) is 82.6 Å². The molecule has 7 nitrogen and oxygen atoms in total. The maximum atomic E-state index is 12.6. The van der Waals surface area contributed by atoms with Crippen molar-refractivity contribution in [2.75, 3.05) is 19.5 Å². The highest BCUT2D eigenvalue weighted by molar-refractivity contribution is 7.14. The van der Waals surface area contributed by atoms with E-state index in [4.69, 9.17) is 14.2 Å². The molecule has 1 amide bonds. The molecule has 4 aromatic rings. The van der Waals surface area contributed by atoms with Crippen molar-refractivity contribution in [3.63, 3.8) is 0 Å². The fourth-order valence-corrected chi connectivity index (χ4v) is 3.70. The summed E-state index contributed by atoms with van der Waals surface area (Å²) in [5.41, 5.74) is 2.97. The number of nitrogens with one attached hydrogen (secondary N) is 1. The van der Waals surface area contributed by atoms with Crippen molar-refractivity contribution in [2.24, 2.45) is 0 Å². The number of carbonyl (C=O) groups excluding carboxylic acids is 1. The number of methoxy groups -OCH3 is 2. The number of ether oxygens (including phenoxy) is 3. The molecule has 0 saturated heterocycles. The molecule has 0 saturated carbocycles. The summed E-state index contributed by atoms with van der Waals surface area (Å²) < 4.78 is 16.5. The fraction of sp³-hybridized carbons (Fsp3) is 0.125. The van der Waals surface area contributed by atoms with Crippen LogP contribution in [0.15, 0.2) is 72.4 Å². The second-order valence-corrected chi connectivity index (χ2v) is 7.59. The zero-order valence-corrected chi connectivity index (χ0v) is 18.4. The lowest BCUT2D eigenvalue weighted by Gasteiger charge is -2.08. The van der Waals surface area contributed by atoms with Crippen LogP contribution in [0.5, 0.6) is 17.2 Å². The summed E-state index contributed by atoms with van der Waals surface area (Å²) in [6.07, 6.45) is 3.47. The molecule has 0 aliphatic rings. The summed E-state index contributed by atoms with van der Waals surface area (Å²) in [5, 5.41) is 5.19. The fourth-order valence-electron chi connectivity index (χ4n) is 2.99. The molecule has 0 spiro atoms. The van der Waals surface area contributed by atoms with Gasteiger partial charge in [-0.3, -0.25) is 15.1 Å². The number of carbonyl (C=O) groups is 1. The Kier molecular flexibility index (Phi) is 6.62. The van der Waals surface area contributed by atoms with Gasteiger partial charge in [0.15, 0.2) is 5.13 Å². The van der Waals surface area contributed by atoms with E-state index < -0.39 is 0 Å². The van der Waals surface area contributed by atoms with Crippen molar-refractivity contribution < 1.29 is 19.0 Å². The van der Waals surface area contributed by atoms with Crippen molar-refractivity contribution in [1.29, 1.82) is 0 Å². The monoisotopic (exact) mass is 447 g/mol. The Hall–Kier alpha value is -3.91. The summed E-state index contributed by atoms with van der Waals surface area (Å²) in [6.45, 7) is 0.412. The number of nitrogens with zero attached hydrogens (tertiary/aromatic N) is 2. The van der Waals surface area contributed by atoms with Crippen LogP contribution in [0.3, 0.4) is 0 Å². The Morgan fingerprint density at radius 1 is 1.03 bits per heavy atom. The third-order valence-corrected chi connectivity index (χ3v) is 5.41. The molecular formula is C24H21N3O4S. The largest absolute Gasteiger partial charge is 0.497 e. The lowest BCUT2D eigenvalue weighted by molar-refractivity contribution is 0.102. The van der Waals surface area contributed by atoms with Gasteiger partial charge in [0.2, 0.25) is 0 Å². The van der Waals surface area contributed by atoms with E-state index >= 15 is 0 Å². The van der Waals surface area contributed by atoms with Crippen LogP contribution in [-0.4, -0.2) is 30.1 Å². The Morgan fingerprint density at radius 2 is 1.84 bits per heavy atom. The van der Waals surface area contributed by atoms with Crippen molar-refractivity contribution in [3.05, 3.63) is 83.5 Å². The first-order chi connectivity index (χ1) is 15.7. The zero-order valence-electron chi connectivity index (χ0n) is 17.6. The SMILES string of the molecule is COc1ccc(OC)c(-c2csc(NC(=O)c3ccc(OCc4cccnc4)cc3)n2)c1. The second kappa shape index (κ2) is 9.93. The Labute approximate surface area is 189 Å². The maximum Gasteiger partial charge on any atom is 0.257 e. The molecule has 0 aliphatic carbocycles. The van der Waals surface area contributed by atoms with Crippen LogP contribution in [0.2, 0.25) is 0 Å². The van der Waals surface area contributed by atoms with Crippen LogP contribution in [0.1, 0.15) is 15.9 Å². The predicted octanol–water partition coefficient (Wildman–Crippen LogP) is 5.05. The number of hydrogen-bond acceptors (Lipinski definition) is 7. The van der Waals surface area contributed by atoms with Crippen molar-refractivity contribution in [1.82, 2.24) is 9.97 Å². The van der Waals surface area contributed by atoms with Gasteiger partial charge in [0.05, 0.1) is 19.9 Å². The minimum absolute atomic E-state index is 0.248. The molecule has 0 bridgehead atoms. The number of amides is 1. The van der Waals surface area contributed by atoms with E-state index in [1.54, 1.807) is 50.9 Å². The predicted molar refractivity (Wildman–Crippen MR) is 124 cm³/mol. The maximum absolute atomic E-state index is 12.6. The van der Waals surface area contributed by atoms with E-state index in [0.29, 0.717) is 40.2 Å². The molecule has 32 heavy (non-hydrogen) atoms. The van der Waals surface area contributed by atoms with Gasteiger partial charge >= 0.3 is 0 Å². The minimum Gasteiger partial charge on any atom is -0.497 e. The van der Waals surface area contributed by atoms with Gasteiger partial charge in [0.25, 0.3) is 5.91 Å². The highest BCUT2D eigenvalue weighted by Gasteiger charge is 2.14. The molecule has 4 rings (SSSR count). The van der Waals surface area contributed by atoms with E-state index in [0.717, 1.165) is 11.1 Å². The molecule has 0 unspecified atom stereocenters. The van der Waals surface area contributed by atoms with Crippen LogP contribution >= 0.6 is 11.3 Å². The number of pyridine rings is 1. The van der Waals surface area contributed by atoms with Crippen LogP contribution in [0, 0.1) is 0 Å². The van der Waals surface area contributed by atoms with Gasteiger partial charge in [-0.15, -0.1) is 11.3 Å². The summed E-state index contributed by atoms with van der Waals surface area (Å²) in [4.78, 5) is 21.2. The van der Waals surface area contributed by atoms with Gasteiger partial charge in [0, 0.05) is 34.5 Å².